The molecule has 1 saturated carbocycles. The predicted octanol–water partition coefficient (Wildman–Crippen LogP) is 6.69. The first-order valence-corrected chi connectivity index (χ1v) is 11.7. The number of rotatable bonds is 4. The van der Waals surface area contributed by atoms with E-state index in [1.54, 1.807) is 11.8 Å². The number of nitrogens with zero attached hydrogens (tertiary/aromatic N) is 1. The molecule has 1 aliphatic carbocycles. The van der Waals surface area contributed by atoms with Crippen LogP contribution >= 0.6 is 11.8 Å². The highest BCUT2D eigenvalue weighted by molar-refractivity contribution is 7.99. The molecule has 0 aromatic heterocycles. The van der Waals surface area contributed by atoms with Gasteiger partial charge in [-0.3, -0.25) is 9.79 Å². The minimum atomic E-state index is 0.0298. The van der Waals surface area contributed by atoms with Crippen LogP contribution in [0.2, 0.25) is 0 Å². The van der Waals surface area contributed by atoms with Gasteiger partial charge in [-0.15, -0.1) is 0 Å². The van der Waals surface area contributed by atoms with Gasteiger partial charge in [-0.2, -0.15) is 0 Å². The average Bonchev–Trinajstić information content (AvgIpc) is 2.86. The van der Waals surface area contributed by atoms with Crippen LogP contribution in [0.3, 0.4) is 0 Å². The highest BCUT2D eigenvalue weighted by Crippen LogP contribution is 2.41. The second-order valence-electron chi connectivity index (χ2n) is 8.52. The summed E-state index contributed by atoms with van der Waals surface area (Å²) in [4.78, 5) is 20.3. The molecule has 29 heavy (non-hydrogen) atoms. The number of hydrogen-bond donors (Lipinski definition) is 1. The molecule has 3 nitrogen and oxygen atoms in total. The Kier molecular flexibility index (Phi) is 6.09. The molecular formula is C25H30N2OS. The molecule has 1 aliphatic heterocycles. The van der Waals surface area contributed by atoms with Gasteiger partial charge in [0.2, 0.25) is 0 Å². The first-order chi connectivity index (χ1) is 14.0. The first-order valence-electron chi connectivity index (χ1n) is 10.8. The van der Waals surface area contributed by atoms with Crippen molar-refractivity contribution in [2.24, 2.45) is 10.9 Å². The summed E-state index contributed by atoms with van der Waals surface area (Å²) in [5.41, 5.74) is 5.23. The minimum absolute atomic E-state index is 0.0298. The smallest absolute Gasteiger partial charge is 0.251 e. The monoisotopic (exact) mass is 406 g/mol. The van der Waals surface area contributed by atoms with E-state index in [1.165, 1.54) is 28.9 Å². The maximum Gasteiger partial charge on any atom is 0.251 e. The SMILES string of the molecule is CCCC1=Nc2cc(C(=O)NC3CCC(C)CC3)ccc2Sc2ccc(C)cc21. The van der Waals surface area contributed by atoms with Crippen molar-refractivity contribution in [3.8, 4) is 0 Å². The van der Waals surface area contributed by atoms with Crippen molar-refractivity contribution in [3.63, 3.8) is 0 Å². The van der Waals surface area contributed by atoms with Crippen LogP contribution in [-0.2, 0) is 0 Å². The maximum atomic E-state index is 12.9. The topological polar surface area (TPSA) is 41.5 Å². The molecule has 2 aromatic carbocycles. The summed E-state index contributed by atoms with van der Waals surface area (Å²) in [6.45, 7) is 6.61. The van der Waals surface area contributed by atoms with E-state index >= 15 is 0 Å². The van der Waals surface area contributed by atoms with Gasteiger partial charge in [-0.05, 0) is 75.3 Å². The molecule has 1 heterocycles. The van der Waals surface area contributed by atoms with Crippen molar-refractivity contribution < 1.29 is 4.79 Å². The van der Waals surface area contributed by atoms with Crippen molar-refractivity contribution in [1.82, 2.24) is 5.32 Å². The third kappa shape index (κ3) is 4.58. The molecule has 152 valence electrons. The highest BCUT2D eigenvalue weighted by atomic mass is 32.2. The normalized spacial score (nSPS) is 20.9. The Labute approximate surface area is 178 Å². The number of carbonyl (C=O) groups excluding carboxylic acids is 1. The largest absolute Gasteiger partial charge is 0.349 e. The summed E-state index contributed by atoms with van der Waals surface area (Å²) in [6, 6.07) is 12.9. The van der Waals surface area contributed by atoms with E-state index in [-0.39, 0.29) is 5.91 Å². The van der Waals surface area contributed by atoms with E-state index < -0.39 is 0 Å². The zero-order chi connectivity index (χ0) is 20.4. The van der Waals surface area contributed by atoms with Gasteiger partial charge in [0.05, 0.1) is 5.69 Å². The van der Waals surface area contributed by atoms with Crippen molar-refractivity contribution in [1.29, 1.82) is 0 Å². The van der Waals surface area contributed by atoms with Crippen molar-refractivity contribution in [2.75, 3.05) is 0 Å². The predicted molar refractivity (Wildman–Crippen MR) is 122 cm³/mol. The van der Waals surface area contributed by atoms with E-state index in [0.29, 0.717) is 11.6 Å². The van der Waals surface area contributed by atoms with Crippen LogP contribution in [0.5, 0.6) is 0 Å². The fourth-order valence-corrected chi connectivity index (χ4v) is 5.22. The van der Waals surface area contributed by atoms with Gasteiger partial charge in [0, 0.05) is 32.7 Å². The Balaban J connectivity index is 1.62. The second-order valence-corrected chi connectivity index (χ2v) is 9.61. The summed E-state index contributed by atoms with van der Waals surface area (Å²) in [7, 11) is 0. The lowest BCUT2D eigenvalue weighted by molar-refractivity contribution is 0.0923. The Morgan fingerprint density at radius 3 is 2.62 bits per heavy atom. The van der Waals surface area contributed by atoms with Crippen LogP contribution in [-0.4, -0.2) is 17.7 Å². The van der Waals surface area contributed by atoms with E-state index in [9.17, 15) is 4.79 Å². The zero-order valence-electron chi connectivity index (χ0n) is 17.6. The van der Waals surface area contributed by atoms with E-state index in [2.05, 4.69) is 50.4 Å². The number of benzene rings is 2. The Morgan fingerprint density at radius 2 is 1.86 bits per heavy atom. The van der Waals surface area contributed by atoms with Crippen molar-refractivity contribution in [3.05, 3.63) is 53.1 Å². The Bertz CT molecular complexity index is 942. The van der Waals surface area contributed by atoms with Gasteiger partial charge < -0.3 is 5.32 Å². The van der Waals surface area contributed by atoms with Crippen LogP contribution in [0.4, 0.5) is 5.69 Å². The molecule has 2 aromatic rings. The number of nitrogens with one attached hydrogen (secondary N) is 1. The average molecular weight is 407 g/mol. The summed E-state index contributed by atoms with van der Waals surface area (Å²) in [5.74, 6) is 0.812. The third-order valence-corrected chi connectivity index (χ3v) is 7.12. The molecule has 4 rings (SSSR count). The molecule has 0 atom stereocenters. The molecular weight excluding hydrogens is 376 g/mol. The quantitative estimate of drug-likeness (QED) is 0.614. The number of aryl methyl sites for hydroxylation is 1. The summed E-state index contributed by atoms with van der Waals surface area (Å²) in [5, 5.41) is 3.24. The maximum absolute atomic E-state index is 12.9. The van der Waals surface area contributed by atoms with Gasteiger partial charge >= 0.3 is 0 Å². The molecule has 0 saturated heterocycles. The summed E-state index contributed by atoms with van der Waals surface area (Å²) >= 11 is 1.75. The number of aliphatic imine (C=N–C) groups is 1. The Hall–Kier alpha value is -2.07. The Morgan fingerprint density at radius 1 is 1.10 bits per heavy atom. The third-order valence-electron chi connectivity index (χ3n) is 5.98. The van der Waals surface area contributed by atoms with Crippen LogP contribution in [0.1, 0.15) is 73.9 Å². The molecule has 1 N–H and O–H groups in total. The number of carbonyl (C=O) groups is 1. The standard InChI is InChI=1S/C25H30N2OS/c1-4-5-21-20-14-17(3)8-12-23(20)29-24-13-9-18(15-22(24)27-21)25(28)26-19-10-6-16(2)7-11-19/h8-9,12-16,19H,4-7,10-11H2,1-3H3,(H,26,28). The van der Waals surface area contributed by atoms with Crippen LogP contribution in [0, 0.1) is 12.8 Å². The van der Waals surface area contributed by atoms with Crippen LogP contribution in [0.15, 0.2) is 51.2 Å². The van der Waals surface area contributed by atoms with Gasteiger partial charge in [0.15, 0.2) is 0 Å². The molecule has 0 spiro atoms. The highest BCUT2D eigenvalue weighted by Gasteiger charge is 2.22. The zero-order valence-corrected chi connectivity index (χ0v) is 18.4. The van der Waals surface area contributed by atoms with Crippen LogP contribution < -0.4 is 5.32 Å². The van der Waals surface area contributed by atoms with E-state index in [4.69, 9.17) is 4.99 Å². The van der Waals surface area contributed by atoms with Crippen LogP contribution in [0.25, 0.3) is 0 Å². The molecule has 0 unspecified atom stereocenters. The van der Waals surface area contributed by atoms with Gasteiger partial charge in [0.1, 0.15) is 0 Å². The second kappa shape index (κ2) is 8.74. The number of fused-ring (bicyclic) bond motifs is 2. The molecule has 0 radical (unpaired) electrons. The van der Waals surface area contributed by atoms with Crippen molar-refractivity contribution in [2.45, 2.75) is 75.1 Å². The fourth-order valence-electron chi connectivity index (χ4n) is 4.22. The molecule has 1 amide bonds. The molecule has 2 aliphatic rings. The summed E-state index contributed by atoms with van der Waals surface area (Å²) in [6.07, 6.45) is 6.56. The van der Waals surface area contributed by atoms with E-state index in [0.717, 1.165) is 47.9 Å². The minimum Gasteiger partial charge on any atom is -0.349 e. The lowest BCUT2D eigenvalue weighted by atomic mass is 9.87. The number of hydrogen-bond acceptors (Lipinski definition) is 3. The molecule has 1 fully saturated rings. The number of amides is 1. The lowest BCUT2D eigenvalue weighted by Gasteiger charge is -2.27. The van der Waals surface area contributed by atoms with Gasteiger partial charge in [-0.1, -0.05) is 43.7 Å². The fraction of sp³-hybridized carbons (Fsp3) is 0.440. The van der Waals surface area contributed by atoms with Crippen molar-refractivity contribution >= 4 is 29.1 Å². The molecule has 4 heteroatoms. The summed E-state index contributed by atoms with van der Waals surface area (Å²) < 4.78 is 0. The lowest BCUT2D eigenvalue weighted by Crippen LogP contribution is -2.37. The van der Waals surface area contributed by atoms with E-state index in [1.807, 2.05) is 12.1 Å². The molecule has 0 bridgehead atoms. The first kappa shape index (κ1) is 20.2. The van der Waals surface area contributed by atoms with Gasteiger partial charge in [0.25, 0.3) is 5.91 Å². The van der Waals surface area contributed by atoms with Gasteiger partial charge in [-0.25, -0.2) is 0 Å².